The number of carbonyl (C=O) groups excluding carboxylic acids is 1. The van der Waals surface area contributed by atoms with Crippen molar-refractivity contribution >= 4 is 6.29 Å². The molecule has 62 valence electrons. The fourth-order valence-electron chi connectivity index (χ4n) is 2.64. The predicted octanol–water partition coefficient (Wildman–Crippen LogP) is 1.06. The minimum atomic E-state index is 0.332. The molecule has 0 aromatic heterocycles. The molecule has 2 saturated heterocycles. The Morgan fingerprint density at radius 2 is 2.00 bits per heavy atom. The first-order valence-electron chi connectivity index (χ1n) is 4.50. The molecule has 0 amide bonds. The highest BCUT2D eigenvalue weighted by atomic mass is 16.1. The molecule has 0 aromatic rings. The number of piperidine rings is 1. The van der Waals surface area contributed by atoms with Crippen molar-refractivity contribution in [1.29, 1.82) is 0 Å². The minimum absolute atomic E-state index is 0.332. The van der Waals surface area contributed by atoms with Gasteiger partial charge in [-0.3, -0.25) is 4.90 Å². The first kappa shape index (κ1) is 7.29. The zero-order valence-corrected chi connectivity index (χ0v) is 6.99. The molecule has 2 fully saturated rings. The van der Waals surface area contributed by atoms with Gasteiger partial charge in [-0.15, -0.1) is 0 Å². The van der Waals surface area contributed by atoms with Gasteiger partial charge >= 0.3 is 0 Å². The summed E-state index contributed by atoms with van der Waals surface area (Å²) in [6, 6.07) is 1.36. The number of fused-ring (bicyclic) bond motifs is 2. The van der Waals surface area contributed by atoms with Crippen LogP contribution >= 0.6 is 0 Å². The Bertz CT molecular complexity index is 169. The number of nitrogens with zero attached hydrogens (tertiary/aromatic N) is 1. The van der Waals surface area contributed by atoms with Crippen LogP contribution < -0.4 is 0 Å². The van der Waals surface area contributed by atoms with E-state index in [9.17, 15) is 4.79 Å². The van der Waals surface area contributed by atoms with E-state index in [0.717, 1.165) is 18.7 Å². The van der Waals surface area contributed by atoms with Crippen LogP contribution in [0.1, 0.15) is 25.7 Å². The van der Waals surface area contributed by atoms with E-state index in [4.69, 9.17) is 0 Å². The lowest BCUT2D eigenvalue weighted by Crippen LogP contribution is -2.42. The van der Waals surface area contributed by atoms with Gasteiger partial charge in [-0.05, 0) is 32.7 Å². The van der Waals surface area contributed by atoms with Gasteiger partial charge in [-0.1, -0.05) is 0 Å². The maximum Gasteiger partial charge on any atom is 0.124 e. The average molecular weight is 153 g/mol. The summed E-state index contributed by atoms with van der Waals surface area (Å²) >= 11 is 0. The summed E-state index contributed by atoms with van der Waals surface area (Å²) in [6.07, 6.45) is 6.07. The van der Waals surface area contributed by atoms with Crippen LogP contribution in [0.4, 0.5) is 0 Å². The van der Waals surface area contributed by atoms with Crippen LogP contribution in [0.25, 0.3) is 0 Å². The molecule has 2 nitrogen and oxygen atoms in total. The maximum absolute atomic E-state index is 10.7. The first-order valence-corrected chi connectivity index (χ1v) is 4.50. The molecule has 2 heterocycles. The van der Waals surface area contributed by atoms with Gasteiger partial charge in [0.1, 0.15) is 6.29 Å². The standard InChI is InChI=1S/C9H15NO/c1-10-8-3-2-7(6-11)9(10)5-4-8/h6-9H,2-5H2,1H3. The molecule has 11 heavy (non-hydrogen) atoms. The molecule has 0 spiro atoms. The van der Waals surface area contributed by atoms with E-state index in [1.54, 1.807) is 0 Å². The minimum Gasteiger partial charge on any atom is -0.303 e. The van der Waals surface area contributed by atoms with E-state index in [2.05, 4.69) is 11.9 Å². The smallest absolute Gasteiger partial charge is 0.124 e. The largest absolute Gasteiger partial charge is 0.303 e. The average Bonchev–Trinajstić information content (AvgIpc) is 2.31. The Hall–Kier alpha value is -0.370. The van der Waals surface area contributed by atoms with E-state index in [1.807, 2.05) is 0 Å². The number of aldehydes is 1. The van der Waals surface area contributed by atoms with Crippen molar-refractivity contribution < 1.29 is 4.79 Å². The monoisotopic (exact) mass is 153 g/mol. The summed E-state index contributed by atoms with van der Waals surface area (Å²) in [6.45, 7) is 0. The molecule has 2 aliphatic heterocycles. The van der Waals surface area contributed by atoms with E-state index < -0.39 is 0 Å². The molecule has 2 rings (SSSR count). The summed E-state index contributed by atoms with van der Waals surface area (Å²) < 4.78 is 0. The third-order valence-corrected chi connectivity index (χ3v) is 3.40. The van der Waals surface area contributed by atoms with Crippen LogP contribution in [0.3, 0.4) is 0 Å². The fraction of sp³-hybridized carbons (Fsp3) is 0.889. The summed E-state index contributed by atoms with van der Waals surface area (Å²) in [5.41, 5.74) is 0. The molecule has 0 radical (unpaired) electrons. The lowest BCUT2D eigenvalue weighted by molar-refractivity contribution is -0.114. The molecule has 0 aliphatic carbocycles. The number of hydrogen-bond acceptors (Lipinski definition) is 2. The molecular formula is C9H15NO. The second-order valence-corrected chi connectivity index (χ2v) is 3.84. The zero-order chi connectivity index (χ0) is 7.84. The fourth-order valence-corrected chi connectivity index (χ4v) is 2.64. The highest BCUT2D eigenvalue weighted by Gasteiger charge is 2.39. The van der Waals surface area contributed by atoms with Crippen LogP contribution in [0.2, 0.25) is 0 Å². The zero-order valence-electron chi connectivity index (χ0n) is 6.99. The number of hydrogen-bond donors (Lipinski definition) is 0. The second kappa shape index (κ2) is 2.59. The molecule has 0 N–H and O–H groups in total. The normalized spacial score (nSPS) is 44.3. The SMILES string of the molecule is CN1C2CCC(C=O)C1CC2. The van der Waals surface area contributed by atoms with Gasteiger partial charge in [0.25, 0.3) is 0 Å². The molecule has 0 saturated carbocycles. The van der Waals surface area contributed by atoms with Gasteiger partial charge in [0.05, 0.1) is 0 Å². The van der Waals surface area contributed by atoms with E-state index in [-0.39, 0.29) is 0 Å². The van der Waals surface area contributed by atoms with Gasteiger partial charge < -0.3 is 4.79 Å². The lowest BCUT2D eigenvalue weighted by Gasteiger charge is -2.34. The Morgan fingerprint density at radius 1 is 1.27 bits per heavy atom. The number of rotatable bonds is 1. The summed E-state index contributed by atoms with van der Waals surface area (Å²) in [4.78, 5) is 13.1. The van der Waals surface area contributed by atoms with Crippen LogP contribution in [0, 0.1) is 5.92 Å². The van der Waals surface area contributed by atoms with Gasteiger partial charge in [-0.25, -0.2) is 0 Å². The van der Waals surface area contributed by atoms with Crippen molar-refractivity contribution in [1.82, 2.24) is 4.90 Å². The van der Waals surface area contributed by atoms with Crippen molar-refractivity contribution in [2.45, 2.75) is 37.8 Å². The summed E-state index contributed by atoms with van der Waals surface area (Å²) in [7, 11) is 2.16. The molecule has 2 heteroatoms. The molecule has 0 aromatic carbocycles. The summed E-state index contributed by atoms with van der Waals surface area (Å²) in [5, 5.41) is 0. The van der Waals surface area contributed by atoms with E-state index in [0.29, 0.717) is 12.0 Å². The Kier molecular flexibility index (Phi) is 1.72. The third-order valence-electron chi connectivity index (χ3n) is 3.40. The van der Waals surface area contributed by atoms with Gasteiger partial charge in [0.2, 0.25) is 0 Å². The third kappa shape index (κ3) is 1.00. The number of carbonyl (C=O) groups is 1. The van der Waals surface area contributed by atoms with E-state index >= 15 is 0 Å². The van der Waals surface area contributed by atoms with Gasteiger partial charge in [0, 0.05) is 18.0 Å². The first-order chi connectivity index (χ1) is 5.33. The molecular weight excluding hydrogens is 138 g/mol. The quantitative estimate of drug-likeness (QED) is 0.525. The highest BCUT2D eigenvalue weighted by Crippen LogP contribution is 2.36. The van der Waals surface area contributed by atoms with Gasteiger partial charge in [0.15, 0.2) is 0 Å². The van der Waals surface area contributed by atoms with Crippen LogP contribution in [-0.2, 0) is 4.79 Å². The Labute approximate surface area is 67.6 Å². The van der Waals surface area contributed by atoms with E-state index in [1.165, 1.54) is 19.3 Å². The molecule has 2 aliphatic rings. The van der Waals surface area contributed by atoms with Crippen LogP contribution in [0.15, 0.2) is 0 Å². The topological polar surface area (TPSA) is 20.3 Å². The Balaban J connectivity index is 2.13. The second-order valence-electron chi connectivity index (χ2n) is 3.84. The maximum atomic E-state index is 10.7. The van der Waals surface area contributed by atoms with Crippen molar-refractivity contribution in [2.75, 3.05) is 7.05 Å². The summed E-state index contributed by atoms with van der Waals surface area (Å²) in [5.74, 6) is 0.332. The molecule has 2 bridgehead atoms. The molecule has 3 atom stereocenters. The Morgan fingerprint density at radius 3 is 2.73 bits per heavy atom. The van der Waals surface area contributed by atoms with Crippen LogP contribution in [0.5, 0.6) is 0 Å². The predicted molar refractivity (Wildman–Crippen MR) is 43.4 cm³/mol. The van der Waals surface area contributed by atoms with Crippen molar-refractivity contribution in [2.24, 2.45) is 5.92 Å². The van der Waals surface area contributed by atoms with Crippen molar-refractivity contribution in [3.63, 3.8) is 0 Å². The van der Waals surface area contributed by atoms with Gasteiger partial charge in [-0.2, -0.15) is 0 Å². The highest BCUT2D eigenvalue weighted by molar-refractivity contribution is 5.55. The lowest BCUT2D eigenvalue weighted by atomic mass is 9.92. The van der Waals surface area contributed by atoms with Crippen molar-refractivity contribution in [3.8, 4) is 0 Å². The molecule has 3 unspecified atom stereocenters. The van der Waals surface area contributed by atoms with Crippen LogP contribution in [-0.4, -0.2) is 30.3 Å². The van der Waals surface area contributed by atoms with Crippen molar-refractivity contribution in [3.05, 3.63) is 0 Å².